The molecule has 0 bridgehead atoms. The van der Waals surface area contributed by atoms with Crippen molar-refractivity contribution in [3.63, 3.8) is 0 Å². The molecule has 3 amide bonds. The second-order valence-corrected chi connectivity index (χ2v) is 6.65. The Hall–Kier alpha value is -2.37. The van der Waals surface area contributed by atoms with Crippen LogP contribution >= 0.6 is 0 Å². The Balaban J connectivity index is 1.65. The Labute approximate surface area is 141 Å². The summed E-state index contributed by atoms with van der Waals surface area (Å²) in [5.74, 6) is -0.284. The number of piperazine rings is 1. The van der Waals surface area contributed by atoms with Crippen LogP contribution in [0.5, 0.6) is 0 Å². The van der Waals surface area contributed by atoms with Gasteiger partial charge in [0.15, 0.2) is 0 Å². The molecular formula is C18H23N3O3. The number of aryl methyl sites for hydroxylation is 1. The second-order valence-electron chi connectivity index (χ2n) is 6.65. The summed E-state index contributed by atoms with van der Waals surface area (Å²) in [7, 11) is 0. The van der Waals surface area contributed by atoms with E-state index in [9.17, 15) is 14.4 Å². The minimum Gasteiger partial charge on any atom is -0.339 e. The molecule has 6 heteroatoms. The lowest BCUT2D eigenvalue weighted by Gasteiger charge is -2.36. The van der Waals surface area contributed by atoms with Gasteiger partial charge in [-0.25, -0.2) is 0 Å². The van der Waals surface area contributed by atoms with Gasteiger partial charge in [-0.3, -0.25) is 14.4 Å². The van der Waals surface area contributed by atoms with Gasteiger partial charge in [-0.2, -0.15) is 0 Å². The van der Waals surface area contributed by atoms with Gasteiger partial charge in [0.05, 0.1) is 0 Å². The summed E-state index contributed by atoms with van der Waals surface area (Å²) in [6.45, 7) is 5.54. The first kappa shape index (κ1) is 16.5. The van der Waals surface area contributed by atoms with E-state index in [4.69, 9.17) is 0 Å². The average Bonchev–Trinajstić information content (AvgIpc) is 3.38. The average molecular weight is 329 g/mol. The Bertz CT molecular complexity index is 674. The number of nitrogens with one attached hydrogen (secondary N) is 1. The maximum absolute atomic E-state index is 12.8. The van der Waals surface area contributed by atoms with Gasteiger partial charge < -0.3 is 15.1 Å². The first-order valence-electron chi connectivity index (χ1n) is 8.36. The van der Waals surface area contributed by atoms with Crippen LogP contribution in [-0.2, 0) is 14.4 Å². The van der Waals surface area contributed by atoms with Crippen LogP contribution in [-0.4, -0.2) is 53.7 Å². The number of nitrogens with zero attached hydrogens (tertiary/aromatic N) is 2. The van der Waals surface area contributed by atoms with Gasteiger partial charge in [-0.05, 0) is 31.4 Å². The summed E-state index contributed by atoms with van der Waals surface area (Å²) >= 11 is 0. The molecule has 1 saturated carbocycles. The van der Waals surface area contributed by atoms with E-state index in [1.807, 2.05) is 31.2 Å². The predicted molar refractivity (Wildman–Crippen MR) is 90.3 cm³/mol. The molecule has 6 nitrogen and oxygen atoms in total. The summed E-state index contributed by atoms with van der Waals surface area (Å²) in [5, 5.41) is 2.91. The minimum absolute atomic E-state index is 0.0283. The SMILES string of the molecule is CC(=O)N1CCN(C(=O)C2(C(=O)Nc3ccccc3C)CC2)CC1. The van der Waals surface area contributed by atoms with Crippen LogP contribution in [0.1, 0.15) is 25.3 Å². The summed E-state index contributed by atoms with van der Waals surface area (Å²) in [6, 6.07) is 7.56. The first-order chi connectivity index (χ1) is 11.4. The molecule has 3 rings (SSSR count). The van der Waals surface area contributed by atoms with Crippen LogP contribution in [0.25, 0.3) is 0 Å². The zero-order valence-corrected chi connectivity index (χ0v) is 14.2. The smallest absolute Gasteiger partial charge is 0.240 e. The highest BCUT2D eigenvalue weighted by Gasteiger charge is 2.58. The van der Waals surface area contributed by atoms with Gasteiger partial charge >= 0.3 is 0 Å². The number of benzene rings is 1. The number of carbonyl (C=O) groups excluding carboxylic acids is 3. The molecule has 1 N–H and O–H groups in total. The molecule has 0 atom stereocenters. The standard InChI is InChI=1S/C18H23N3O3/c1-13-5-3-4-6-15(13)19-16(23)18(7-8-18)17(24)21-11-9-20(10-12-21)14(2)22/h3-6H,7-12H2,1-2H3,(H,19,23). The number of carbonyl (C=O) groups is 3. The molecule has 2 fully saturated rings. The molecule has 0 aromatic heterocycles. The Morgan fingerprint density at radius 1 is 1.00 bits per heavy atom. The van der Waals surface area contributed by atoms with Gasteiger partial charge in [0.25, 0.3) is 0 Å². The van der Waals surface area contributed by atoms with Crippen molar-refractivity contribution in [2.45, 2.75) is 26.7 Å². The van der Waals surface area contributed by atoms with Crippen LogP contribution in [0, 0.1) is 12.3 Å². The largest absolute Gasteiger partial charge is 0.339 e. The lowest BCUT2D eigenvalue weighted by atomic mass is 10.0. The van der Waals surface area contributed by atoms with E-state index in [-0.39, 0.29) is 17.7 Å². The van der Waals surface area contributed by atoms with E-state index >= 15 is 0 Å². The van der Waals surface area contributed by atoms with Crippen LogP contribution in [0.15, 0.2) is 24.3 Å². The van der Waals surface area contributed by atoms with Gasteiger partial charge in [0.1, 0.15) is 5.41 Å². The number of hydrogen-bond donors (Lipinski definition) is 1. The molecule has 1 aliphatic heterocycles. The summed E-state index contributed by atoms with van der Waals surface area (Å²) in [5.41, 5.74) is 0.813. The van der Waals surface area contributed by atoms with E-state index < -0.39 is 5.41 Å². The zero-order chi connectivity index (χ0) is 17.3. The monoisotopic (exact) mass is 329 g/mol. The maximum atomic E-state index is 12.8. The van der Waals surface area contributed by atoms with Crippen LogP contribution in [0.4, 0.5) is 5.69 Å². The molecule has 1 heterocycles. The molecule has 0 radical (unpaired) electrons. The second kappa shape index (κ2) is 6.26. The third-order valence-corrected chi connectivity index (χ3v) is 5.00. The zero-order valence-electron chi connectivity index (χ0n) is 14.2. The van der Waals surface area contributed by atoms with Crippen molar-refractivity contribution < 1.29 is 14.4 Å². The Kier molecular flexibility index (Phi) is 4.30. The van der Waals surface area contributed by atoms with Crippen LogP contribution in [0.3, 0.4) is 0 Å². The maximum Gasteiger partial charge on any atom is 0.240 e. The van der Waals surface area contributed by atoms with E-state index in [1.54, 1.807) is 9.80 Å². The highest BCUT2D eigenvalue weighted by Crippen LogP contribution is 2.48. The lowest BCUT2D eigenvalue weighted by molar-refractivity contribution is -0.146. The summed E-state index contributed by atoms with van der Waals surface area (Å²) in [4.78, 5) is 40.4. The van der Waals surface area contributed by atoms with Gasteiger partial charge in [0.2, 0.25) is 17.7 Å². The normalized spacial score (nSPS) is 18.9. The van der Waals surface area contributed by atoms with Gasteiger partial charge in [0, 0.05) is 38.8 Å². The molecule has 0 spiro atoms. The van der Waals surface area contributed by atoms with Crippen molar-refractivity contribution in [1.82, 2.24) is 9.80 Å². The highest BCUT2D eigenvalue weighted by atomic mass is 16.2. The number of para-hydroxylation sites is 1. The highest BCUT2D eigenvalue weighted by molar-refractivity contribution is 6.13. The number of hydrogen-bond acceptors (Lipinski definition) is 3. The van der Waals surface area contributed by atoms with Crippen molar-refractivity contribution in [3.8, 4) is 0 Å². The number of anilines is 1. The van der Waals surface area contributed by atoms with Crippen molar-refractivity contribution >= 4 is 23.4 Å². The molecule has 0 unspecified atom stereocenters. The van der Waals surface area contributed by atoms with E-state index in [2.05, 4.69) is 5.32 Å². The number of rotatable bonds is 3. The predicted octanol–water partition coefficient (Wildman–Crippen LogP) is 1.40. The fourth-order valence-corrected chi connectivity index (χ4v) is 3.15. The topological polar surface area (TPSA) is 69.7 Å². The van der Waals surface area contributed by atoms with E-state index in [0.29, 0.717) is 39.0 Å². The quantitative estimate of drug-likeness (QED) is 0.852. The molecule has 1 aromatic rings. The number of amides is 3. The molecular weight excluding hydrogens is 306 g/mol. The van der Waals surface area contributed by atoms with Crippen LogP contribution in [0.2, 0.25) is 0 Å². The van der Waals surface area contributed by atoms with E-state index in [1.165, 1.54) is 6.92 Å². The molecule has 24 heavy (non-hydrogen) atoms. The van der Waals surface area contributed by atoms with Crippen molar-refractivity contribution in [1.29, 1.82) is 0 Å². The third-order valence-electron chi connectivity index (χ3n) is 5.00. The van der Waals surface area contributed by atoms with E-state index in [0.717, 1.165) is 11.3 Å². The summed E-state index contributed by atoms with van der Waals surface area (Å²) < 4.78 is 0. The van der Waals surface area contributed by atoms with Gasteiger partial charge in [-0.1, -0.05) is 18.2 Å². The first-order valence-corrected chi connectivity index (χ1v) is 8.36. The van der Waals surface area contributed by atoms with Crippen molar-refractivity contribution in [2.75, 3.05) is 31.5 Å². The third kappa shape index (κ3) is 3.00. The molecule has 128 valence electrons. The Morgan fingerprint density at radius 3 is 2.12 bits per heavy atom. The molecule has 1 aliphatic carbocycles. The van der Waals surface area contributed by atoms with Crippen molar-refractivity contribution in [3.05, 3.63) is 29.8 Å². The lowest BCUT2D eigenvalue weighted by Crippen LogP contribution is -2.53. The molecule has 1 saturated heterocycles. The van der Waals surface area contributed by atoms with Crippen LogP contribution < -0.4 is 5.32 Å². The fourth-order valence-electron chi connectivity index (χ4n) is 3.15. The Morgan fingerprint density at radius 2 is 1.58 bits per heavy atom. The fraction of sp³-hybridized carbons (Fsp3) is 0.500. The molecule has 1 aromatic carbocycles. The summed E-state index contributed by atoms with van der Waals surface area (Å²) in [6.07, 6.45) is 1.19. The molecule has 2 aliphatic rings. The minimum atomic E-state index is -0.916. The van der Waals surface area contributed by atoms with Gasteiger partial charge in [-0.15, -0.1) is 0 Å². The van der Waals surface area contributed by atoms with Crippen molar-refractivity contribution in [2.24, 2.45) is 5.41 Å².